The Kier molecular flexibility index (Phi) is 8.57. The number of pyridine rings is 1. The molecule has 5 aromatic rings. The fourth-order valence-electron chi connectivity index (χ4n) is 6.87. The number of carbonyl (C=O) groups excluding carboxylic acids is 1. The van der Waals surface area contributed by atoms with Crippen molar-refractivity contribution in [1.29, 1.82) is 0 Å². The Hall–Kier alpha value is -4.51. The number of anilines is 1. The van der Waals surface area contributed by atoms with E-state index in [0.717, 1.165) is 72.3 Å². The summed E-state index contributed by atoms with van der Waals surface area (Å²) in [7, 11) is 0.145. The molecule has 0 aliphatic carbocycles. The Bertz CT molecular complexity index is 2080. The first kappa shape index (κ1) is 32.1. The molecule has 1 amide bonds. The smallest absolute Gasteiger partial charge is 0.269 e. The van der Waals surface area contributed by atoms with Gasteiger partial charge in [0.15, 0.2) is 5.65 Å². The van der Waals surface area contributed by atoms with Crippen LogP contribution in [-0.4, -0.2) is 92.5 Å². The molecule has 0 bridgehead atoms. The molecule has 1 atom stereocenters. The van der Waals surface area contributed by atoms with E-state index < -0.39 is 10.0 Å². The van der Waals surface area contributed by atoms with Crippen molar-refractivity contribution in [2.75, 3.05) is 58.3 Å². The van der Waals surface area contributed by atoms with Gasteiger partial charge in [-0.2, -0.15) is 0 Å². The Labute approximate surface area is 282 Å². The van der Waals surface area contributed by atoms with E-state index in [2.05, 4.69) is 47.3 Å². The maximum Gasteiger partial charge on any atom is 0.269 e. The number of fused-ring (bicyclic) bond motifs is 1. The highest BCUT2D eigenvalue weighted by Crippen LogP contribution is 2.36. The van der Waals surface area contributed by atoms with Gasteiger partial charge < -0.3 is 20.0 Å². The zero-order chi connectivity index (χ0) is 33.6. The summed E-state index contributed by atoms with van der Waals surface area (Å²) in [5, 5.41) is 3.98. The van der Waals surface area contributed by atoms with Gasteiger partial charge in [-0.15, -0.1) is 0 Å². The first-order chi connectivity index (χ1) is 23.1. The van der Waals surface area contributed by atoms with E-state index in [1.165, 1.54) is 15.2 Å². The molecular weight excluding hydrogens is 621 g/mol. The molecular formula is C38H42N6O3S. The number of aryl methyl sites for hydroxylation is 2. The standard InChI is InChI=1S/C38H42N6O3S/c1-26-5-12-33(13-6-26)48(46,47)44-25-35(28-7-9-29(10-8-28)38(45)43-16-15-32(24-43)39-3)34-22-31(23-40-37(34)44)30-11-14-36(27(2)21-30)42-19-17-41(4)18-20-42/h5-14,21-23,25,32,39H,15-20,24H2,1-4H3/t32-/m0/s1. The van der Waals surface area contributed by atoms with Gasteiger partial charge in [-0.25, -0.2) is 17.4 Å². The van der Waals surface area contributed by atoms with Crippen molar-refractivity contribution in [2.45, 2.75) is 31.2 Å². The first-order valence-corrected chi connectivity index (χ1v) is 18.0. The molecule has 2 aliphatic heterocycles. The van der Waals surface area contributed by atoms with E-state index in [0.29, 0.717) is 23.8 Å². The topological polar surface area (TPSA) is 90.8 Å². The third-order valence-corrected chi connectivity index (χ3v) is 11.6. The largest absolute Gasteiger partial charge is 0.369 e. The summed E-state index contributed by atoms with van der Waals surface area (Å²) in [5.74, 6) is 0.00280. The molecule has 248 valence electrons. The predicted molar refractivity (Wildman–Crippen MR) is 192 cm³/mol. The highest BCUT2D eigenvalue weighted by atomic mass is 32.2. The average molecular weight is 663 g/mol. The highest BCUT2D eigenvalue weighted by molar-refractivity contribution is 7.90. The Morgan fingerprint density at radius 3 is 2.23 bits per heavy atom. The second-order valence-corrected chi connectivity index (χ2v) is 15.0. The van der Waals surface area contributed by atoms with Crippen LogP contribution in [0.2, 0.25) is 0 Å². The highest BCUT2D eigenvalue weighted by Gasteiger charge is 2.27. The van der Waals surface area contributed by atoms with Crippen molar-refractivity contribution >= 4 is 32.7 Å². The number of amides is 1. The minimum absolute atomic E-state index is 0.00280. The van der Waals surface area contributed by atoms with Crippen LogP contribution in [-0.2, 0) is 10.0 Å². The maximum absolute atomic E-state index is 14.0. The molecule has 0 unspecified atom stereocenters. The zero-order valence-corrected chi connectivity index (χ0v) is 28.8. The SMILES string of the molecule is CN[C@H]1CCN(C(=O)c2ccc(-c3cn(S(=O)(=O)c4ccc(C)cc4)c4ncc(-c5ccc(N6CCN(C)CC6)c(C)c5)cc34)cc2)C1. The summed E-state index contributed by atoms with van der Waals surface area (Å²) in [6, 6.07) is 23.2. The lowest BCUT2D eigenvalue weighted by atomic mass is 9.99. The summed E-state index contributed by atoms with van der Waals surface area (Å²) in [6.45, 7) is 9.55. The Balaban J connectivity index is 1.29. The van der Waals surface area contributed by atoms with Gasteiger partial charge in [-0.3, -0.25) is 4.79 Å². The average Bonchev–Trinajstić information content (AvgIpc) is 3.74. The molecule has 0 saturated carbocycles. The van der Waals surface area contributed by atoms with Gasteiger partial charge in [0.2, 0.25) is 0 Å². The monoisotopic (exact) mass is 662 g/mol. The van der Waals surface area contributed by atoms with Gasteiger partial charge in [-0.1, -0.05) is 35.9 Å². The van der Waals surface area contributed by atoms with E-state index in [9.17, 15) is 13.2 Å². The lowest BCUT2D eigenvalue weighted by Gasteiger charge is -2.35. The van der Waals surface area contributed by atoms with Crippen LogP contribution in [0.4, 0.5) is 5.69 Å². The van der Waals surface area contributed by atoms with Crippen LogP contribution in [0.5, 0.6) is 0 Å². The number of benzene rings is 3. The number of likely N-dealkylation sites (N-methyl/N-ethyl adjacent to an activating group) is 2. The van der Waals surface area contributed by atoms with E-state index >= 15 is 0 Å². The number of rotatable bonds is 7. The van der Waals surface area contributed by atoms with Crippen molar-refractivity contribution in [3.63, 3.8) is 0 Å². The fourth-order valence-corrected chi connectivity index (χ4v) is 8.19. The Morgan fingerprint density at radius 2 is 1.56 bits per heavy atom. The second kappa shape index (κ2) is 12.8. The fraction of sp³-hybridized carbons (Fsp3) is 0.316. The van der Waals surface area contributed by atoms with E-state index in [1.807, 2.05) is 49.2 Å². The molecule has 10 heteroatoms. The van der Waals surface area contributed by atoms with Crippen molar-refractivity contribution in [1.82, 2.24) is 24.1 Å². The second-order valence-electron chi connectivity index (χ2n) is 13.1. The van der Waals surface area contributed by atoms with Gasteiger partial charge in [0, 0.05) is 85.5 Å². The minimum Gasteiger partial charge on any atom is -0.369 e. The number of nitrogens with zero attached hydrogens (tertiary/aromatic N) is 5. The van der Waals surface area contributed by atoms with Crippen LogP contribution in [0.25, 0.3) is 33.3 Å². The number of piperazine rings is 1. The van der Waals surface area contributed by atoms with Gasteiger partial charge in [0.1, 0.15) is 0 Å². The predicted octanol–water partition coefficient (Wildman–Crippen LogP) is 5.41. The van der Waals surface area contributed by atoms with Gasteiger partial charge in [0.25, 0.3) is 15.9 Å². The van der Waals surface area contributed by atoms with Crippen LogP contribution < -0.4 is 10.2 Å². The van der Waals surface area contributed by atoms with E-state index in [-0.39, 0.29) is 10.8 Å². The van der Waals surface area contributed by atoms with Crippen LogP contribution >= 0.6 is 0 Å². The number of hydrogen-bond donors (Lipinski definition) is 1. The number of aromatic nitrogens is 2. The van der Waals surface area contributed by atoms with Crippen LogP contribution in [0, 0.1) is 13.8 Å². The van der Waals surface area contributed by atoms with Crippen molar-refractivity contribution in [3.8, 4) is 22.3 Å². The summed E-state index contributed by atoms with van der Waals surface area (Å²) >= 11 is 0. The number of nitrogens with one attached hydrogen (secondary N) is 1. The van der Waals surface area contributed by atoms with Crippen LogP contribution in [0.15, 0.2) is 90.1 Å². The van der Waals surface area contributed by atoms with E-state index in [1.54, 1.807) is 36.7 Å². The number of carbonyl (C=O) groups is 1. The lowest BCUT2D eigenvalue weighted by molar-refractivity contribution is 0.0789. The molecule has 2 aromatic heterocycles. The minimum atomic E-state index is -3.94. The van der Waals surface area contributed by atoms with Gasteiger partial charge in [-0.05, 0) is 93.5 Å². The summed E-state index contributed by atoms with van der Waals surface area (Å²) in [4.78, 5) is 24.9. The van der Waals surface area contributed by atoms with Crippen LogP contribution in [0.1, 0.15) is 27.9 Å². The molecule has 2 aliphatic rings. The van der Waals surface area contributed by atoms with Crippen molar-refractivity contribution in [3.05, 3.63) is 102 Å². The van der Waals surface area contributed by atoms with Crippen molar-refractivity contribution < 1.29 is 13.2 Å². The normalized spacial score (nSPS) is 17.4. The van der Waals surface area contributed by atoms with Gasteiger partial charge >= 0.3 is 0 Å². The molecule has 48 heavy (non-hydrogen) atoms. The summed E-state index contributed by atoms with van der Waals surface area (Å²) in [6.07, 6.45) is 4.35. The van der Waals surface area contributed by atoms with Crippen LogP contribution in [0.3, 0.4) is 0 Å². The molecule has 0 spiro atoms. The third-order valence-electron chi connectivity index (χ3n) is 9.89. The lowest BCUT2D eigenvalue weighted by Crippen LogP contribution is -2.44. The number of likely N-dealkylation sites (tertiary alicyclic amines) is 1. The first-order valence-electron chi connectivity index (χ1n) is 16.6. The zero-order valence-electron chi connectivity index (χ0n) is 28.0. The molecule has 0 radical (unpaired) electrons. The molecule has 1 N–H and O–H groups in total. The summed E-state index contributed by atoms with van der Waals surface area (Å²) in [5.41, 5.74) is 7.85. The van der Waals surface area contributed by atoms with E-state index in [4.69, 9.17) is 4.98 Å². The molecule has 7 rings (SSSR count). The summed E-state index contributed by atoms with van der Waals surface area (Å²) < 4.78 is 29.3. The van der Waals surface area contributed by atoms with Gasteiger partial charge in [0.05, 0.1) is 4.90 Å². The molecule has 4 heterocycles. The maximum atomic E-state index is 14.0. The number of hydrogen-bond acceptors (Lipinski definition) is 7. The quantitative estimate of drug-likeness (QED) is 0.249. The molecule has 3 aromatic carbocycles. The molecule has 2 saturated heterocycles. The Morgan fingerprint density at radius 1 is 0.854 bits per heavy atom. The van der Waals surface area contributed by atoms with Crippen molar-refractivity contribution in [2.24, 2.45) is 0 Å². The third kappa shape index (κ3) is 6.00. The molecule has 2 fully saturated rings. The molecule has 9 nitrogen and oxygen atoms in total.